The molecule has 152 valence electrons. The van der Waals surface area contributed by atoms with Gasteiger partial charge in [-0.15, -0.1) is 0 Å². The molecular weight excluding hydrogens is 379 g/mol. The molecule has 0 saturated carbocycles. The molecule has 30 heavy (non-hydrogen) atoms. The summed E-state index contributed by atoms with van der Waals surface area (Å²) in [5.41, 5.74) is 15.5. The van der Waals surface area contributed by atoms with E-state index in [2.05, 4.69) is 20.3 Å². The van der Waals surface area contributed by atoms with E-state index in [1.165, 1.54) is 18.5 Å². The van der Waals surface area contributed by atoms with Crippen LogP contribution in [-0.4, -0.2) is 23.0 Å². The highest BCUT2D eigenvalue weighted by molar-refractivity contribution is 5.87. The summed E-state index contributed by atoms with van der Waals surface area (Å²) >= 11 is 0. The topological polar surface area (TPSA) is 102 Å². The van der Waals surface area contributed by atoms with Crippen LogP contribution >= 0.6 is 0 Å². The molecule has 0 spiro atoms. The molecule has 0 radical (unpaired) electrons. The van der Waals surface area contributed by atoms with Crippen molar-refractivity contribution in [3.05, 3.63) is 84.6 Å². The highest BCUT2D eigenvalue weighted by atomic mass is 19.1. The number of nitrogens with zero attached hydrogens (tertiary/aromatic N) is 3. The molecule has 0 atom stereocenters. The molecule has 0 fully saturated rings. The van der Waals surface area contributed by atoms with Gasteiger partial charge in [-0.2, -0.15) is 0 Å². The second-order valence-corrected chi connectivity index (χ2v) is 6.42. The molecule has 0 amide bonds. The number of rotatable bonds is 5. The van der Waals surface area contributed by atoms with Crippen LogP contribution in [0.1, 0.15) is 12.5 Å². The molecule has 0 aliphatic heterocycles. The van der Waals surface area contributed by atoms with Crippen molar-refractivity contribution in [2.45, 2.75) is 6.92 Å². The summed E-state index contributed by atoms with van der Waals surface area (Å²) < 4.78 is 14.9. The largest absolute Gasteiger partial charge is 0.382 e. The standard InChI is InChI=1S/C23H23FN6/c1-3-6-16(12-30-23(26)27-2)18-8-5-4-7-17(18)15-9-10-19(20(24)11-15)21-13-29-22(25)14-28-21/h3-14H,1-2H3,(H2,25,29)(H3,26,27,30)/b6-3-,16-12+. The summed E-state index contributed by atoms with van der Waals surface area (Å²) in [5.74, 6) is 0.194. The molecule has 0 saturated heterocycles. The van der Waals surface area contributed by atoms with Crippen molar-refractivity contribution in [1.82, 2.24) is 15.3 Å². The number of nitrogens with one attached hydrogen (secondary N) is 1. The Kier molecular flexibility index (Phi) is 6.54. The number of aliphatic imine (C=N–C) groups is 1. The molecule has 0 bridgehead atoms. The maximum atomic E-state index is 14.9. The Hall–Kier alpha value is -4.00. The van der Waals surface area contributed by atoms with E-state index in [1.807, 2.05) is 49.4 Å². The van der Waals surface area contributed by atoms with Gasteiger partial charge < -0.3 is 16.8 Å². The van der Waals surface area contributed by atoms with E-state index in [-0.39, 0.29) is 5.82 Å². The van der Waals surface area contributed by atoms with Gasteiger partial charge in [-0.25, -0.2) is 14.4 Å². The highest BCUT2D eigenvalue weighted by Crippen LogP contribution is 2.32. The third kappa shape index (κ3) is 4.70. The molecule has 0 aliphatic rings. The van der Waals surface area contributed by atoms with Gasteiger partial charge in [-0.3, -0.25) is 4.98 Å². The first-order valence-corrected chi connectivity index (χ1v) is 9.34. The van der Waals surface area contributed by atoms with E-state index in [9.17, 15) is 4.39 Å². The lowest BCUT2D eigenvalue weighted by atomic mass is 9.93. The second kappa shape index (κ2) is 9.47. The Labute approximate surface area is 174 Å². The minimum atomic E-state index is -0.393. The number of anilines is 1. The molecule has 1 aromatic heterocycles. The molecular formula is C23H23FN6. The maximum absolute atomic E-state index is 14.9. The monoisotopic (exact) mass is 402 g/mol. The second-order valence-electron chi connectivity index (χ2n) is 6.42. The first kappa shape index (κ1) is 20.7. The van der Waals surface area contributed by atoms with Gasteiger partial charge in [-0.05, 0) is 35.7 Å². The zero-order valence-corrected chi connectivity index (χ0v) is 16.8. The van der Waals surface area contributed by atoms with Crippen LogP contribution in [0.4, 0.5) is 10.2 Å². The van der Waals surface area contributed by atoms with Gasteiger partial charge in [0.2, 0.25) is 0 Å². The van der Waals surface area contributed by atoms with E-state index in [4.69, 9.17) is 11.5 Å². The number of hydrogen-bond donors (Lipinski definition) is 3. The third-order valence-corrected chi connectivity index (χ3v) is 4.41. The average Bonchev–Trinajstić information content (AvgIpc) is 2.77. The van der Waals surface area contributed by atoms with Crippen LogP contribution < -0.4 is 16.8 Å². The lowest BCUT2D eigenvalue weighted by molar-refractivity contribution is 0.631. The number of nitrogen functional groups attached to an aromatic ring is 1. The minimum absolute atomic E-state index is 0.287. The Morgan fingerprint density at radius 3 is 2.57 bits per heavy atom. The lowest BCUT2D eigenvalue weighted by Gasteiger charge is -2.12. The molecule has 0 aliphatic carbocycles. The fraction of sp³-hybridized carbons (Fsp3) is 0.0870. The van der Waals surface area contributed by atoms with Gasteiger partial charge in [-0.1, -0.05) is 42.5 Å². The van der Waals surface area contributed by atoms with Gasteiger partial charge >= 0.3 is 0 Å². The summed E-state index contributed by atoms with van der Waals surface area (Å²) in [6.45, 7) is 1.92. The molecule has 1 heterocycles. The zero-order valence-electron chi connectivity index (χ0n) is 16.8. The van der Waals surface area contributed by atoms with Crippen molar-refractivity contribution in [3.63, 3.8) is 0 Å². The van der Waals surface area contributed by atoms with E-state index in [0.29, 0.717) is 17.2 Å². The fourth-order valence-electron chi connectivity index (χ4n) is 2.94. The van der Waals surface area contributed by atoms with Crippen LogP contribution in [0.3, 0.4) is 0 Å². The molecule has 5 N–H and O–H groups in total. The van der Waals surface area contributed by atoms with Crippen LogP contribution in [0.2, 0.25) is 0 Å². The highest BCUT2D eigenvalue weighted by Gasteiger charge is 2.12. The van der Waals surface area contributed by atoms with Gasteiger partial charge in [0.05, 0.1) is 18.1 Å². The Bertz CT molecular complexity index is 1120. The summed E-state index contributed by atoms with van der Waals surface area (Å²) in [6.07, 6.45) is 8.39. The predicted octanol–water partition coefficient (Wildman–Crippen LogP) is 3.98. The summed E-state index contributed by atoms with van der Waals surface area (Å²) in [7, 11) is 1.70. The van der Waals surface area contributed by atoms with Crippen LogP contribution in [-0.2, 0) is 0 Å². The smallest absolute Gasteiger partial charge is 0.192 e. The SMILES string of the molecule is C\C=C/C(=C\N=C(/N)NC)c1ccccc1-c1ccc(-c2cnc(N)cn2)c(F)c1. The van der Waals surface area contributed by atoms with Gasteiger partial charge in [0.15, 0.2) is 5.96 Å². The number of aromatic nitrogens is 2. The molecule has 3 rings (SSSR count). The first-order valence-electron chi connectivity index (χ1n) is 9.34. The number of guanidine groups is 1. The quantitative estimate of drug-likeness (QED) is 0.340. The van der Waals surface area contributed by atoms with Gasteiger partial charge in [0.25, 0.3) is 0 Å². The number of allylic oxidation sites excluding steroid dienone is 3. The van der Waals surface area contributed by atoms with E-state index < -0.39 is 5.82 Å². The molecule has 3 aromatic rings. The number of hydrogen-bond acceptors (Lipinski definition) is 4. The van der Waals surface area contributed by atoms with Crippen LogP contribution in [0.25, 0.3) is 28.0 Å². The average molecular weight is 402 g/mol. The first-order chi connectivity index (χ1) is 14.5. The molecule has 6 nitrogen and oxygen atoms in total. The van der Waals surface area contributed by atoms with Crippen molar-refractivity contribution >= 4 is 17.4 Å². The normalized spacial score (nSPS) is 12.4. The van der Waals surface area contributed by atoms with E-state index in [1.54, 1.807) is 19.3 Å². The zero-order chi connectivity index (χ0) is 21.5. The predicted molar refractivity (Wildman–Crippen MR) is 121 cm³/mol. The van der Waals surface area contributed by atoms with Crippen LogP contribution in [0, 0.1) is 5.82 Å². The van der Waals surface area contributed by atoms with E-state index >= 15 is 0 Å². The summed E-state index contributed by atoms with van der Waals surface area (Å²) in [5, 5.41) is 2.78. The van der Waals surface area contributed by atoms with Crippen molar-refractivity contribution in [2.75, 3.05) is 12.8 Å². The van der Waals surface area contributed by atoms with Crippen molar-refractivity contribution in [2.24, 2.45) is 10.7 Å². The molecule has 0 unspecified atom stereocenters. The van der Waals surface area contributed by atoms with Crippen molar-refractivity contribution in [3.8, 4) is 22.4 Å². The number of halogens is 1. The van der Waals surface area contributed by atoms with Crippen molar-refractivity contribution < 1.29 is 4.39 Å². The minimum Gasteiger partial charge on any atom is -0.382 e. The van der Waals surface area contributed by atoms with Crippen LogP contribution in [0.15, 0.2) is 78.2 Å². The maximum Gasteiger partial charge on any atom is 0.192 e. The summed E-state index contributed by atoms with van der Waals surface area (Å²) in [6, 6.07) is 12.8. The van der Waals surface area contributed by atoms with Gasteiger partial charge in [0.1, 0.15) is 11.6 Å². The van der Waals surface area contributed by atoms with E-state index in [0.717, 1.165) is 22.3 Å². The fourth-order valence-corrected chi connectivity index (χ4v) is 2.94. The lowest BCUT2D eigenvalue weighted by Crippen LogP contribution is -2.27. The summed E-state index contributed by atoms with van der Waals surface area (Å²) in [4.78, 5) is 12.4. The van der Waals surface area contributed by atoms with Crippen LogP contribution in [0.5, 0.6) is 0 Å². The number of nitrogens with two attached hydrogens (primary N) is 2. The molecule has 2 aromatic carbocycles. The number of benzene rings is 2. The Balaban J connectivity index is 2.07. The van der Waals surface area contributed by atoms with Gasteiger partial charge in [0, 0.05) is 24.4 Å². The Morgan fingerprint density at radius 1 is 1.10 bits per heavy atom. The third-order valence-electron chi connectivity index (χ3n) is 4.41. The Morgan fingerprint density at radius 2 is 1.90 bits per heavy atom. The molecule has 7 heteroatoms. The van der Waals surface area contributed by atoms with Crippen molar-refractivity contribution in [1.29, 1.82) is 0 Å².